The summed E-state index contributed by atoms with van der Waals surface area (Å²) in [6.45, 7) is 4.93. The van der Waals surface area contributed by atoms with E-state index in [1.807, 2.05) is 13.0 Å². The molecule has 20 heavy (non-hydrogen) atoms. The summed E-state index contributed by atoms with van der Waals surface area (Å²) in [5, 5.41) is 6.57. The van der Waals surface area contributed by atoms with Crippen LogP contribution in [-0.4, -0.2) is 17.6 Å². The molecule has 2 aromatic rings. The van der Waals surface area contributed by atoms with Crippen LogP contribution < -0.4 is 5.32 Å². The third kappa shape index (κ3) is 4.36. The first-order valence-electron chi connectivity index (χ1n) is 6.66. The molecule has 5 heteroatoms. The summed E-state index contributed by atoms with van der Waals surface area (Å²) >= 11 is 5.05. The molecule has 0 radical (unpaired) electrons. The van der Waals surface area contributed by atoms with Crippen molar-refractivity contribution < 1.29 is 4.39 Å². The second-order valence-corrected chi connectivity index (χ2v) is 6.73. The minimum Gasteiger partial charge on any atom is -0.314 e. The van der Waals surface area contributed by atoms with E-state index in [-0.39, 0.29) is 11.9 Å². The van der Waals surface area contributed by atoms with E-state index < -0.39 is 0 Å². The SMILES string of the molecule is CCNC(Cc1csc(C)n1)Cc1cc(Br)ccc1F. The Balaban J connectivity index is 2.10. The number of rotatable bonds is 6. The number of aryl methyl sites for hydroxylation is 1. The van der Waals surface area contributed by atoms with Gasteiger partial charge in [-0.25, -0.2) is 9.37 Å². The summed E-state index contributed by atoms with van der Waals surface area (Å²) in [7, 11) is 0. The Morgan fingerprint density at radius 1 is 1.40 bits per heavy atom. The number of nitrogens with one attached hydrogen (secondary N) is 1. The second kappa shape index (κ2) is 7.29. The van der Waals surface area contributed by atoms with Crippen LogP contribution in [0, 0.1) is 12.7 Å². The zero-order chi connectivity index (χ0) is 14.5. The highest BCUT2D eigenvalue weighted by molar-refractivity contribution is 9.10. The van der Waals surface area contributed by atoms with Crippen molar-refractivity contribution in [1.29, 1.82) is 0 Å². The maximum atomic E-state index is 13.9. The molecule has 2 rings (SSSR count). The molecule has 0 aliphatic heterocycles. The fourth-order valence-corrected chi connectivity index (χ4v) is 3.26. The van der Waals surface area contributed by atoms with Gasteiger partial charge in [0.1, 0.15) is 5.82 Å². The molecule has 0 aliphatic carbocycles. The molecule has 1 atom stereocenters. The number of benzene rings is 1. The van der Waals surface area contributed by atoms with Crippen LogP contribution in [-0.2, 0) is 12.8 Å². The number of nitrogens with zero attached hydrogens (tertiary/aromatic N) is 1. The van der Waals surface area contributed by atoms with E-state index in [9.17, 15) is 4.39 Å². The fourth-order valence-electron chi connectivity index (χ4n) is 2.22. The average molecular weight is 357 g/mol. The first kappa shape index (κ1) is 15.6. The van der Waals surface area contributed by atoms with Crippen molar-refractivity contribution in [2.24, 2.45) is 0 Å². The highest BCUT2D eigenvalue weighted by Crippen LogP contribution is 2.18. The van der Waals surface area contributed by atoms with Crippen molar-refractivity contribution in [3.8, 4) is 0 Å². The third-order valence-corrected chi connectivity index (χ3v) is 4.40. The molecule has 1 aromatic carbocycles. The number of halogens is 2. The first-order chi connectivity index (χ1) is 9.58. The number of hydrogen-bond donors (Lipinski definition) is 1. The molecule has 108 valence electrons. The van der Waals surface area contributed by atoms with Gasteiger partial charge in [-0.2, -0.15) is 0 Å². The van der Waals surface area contributed by atoms with Crippen LogP contribution in [0.2, 0.25) is 0 Å². The fraction of sp³-hybridized carbons (Fsp3) is 0.400. The van der Waals surface area contributed by atoms with Crippen LogP contribution >= 0.6 is 27.3 Å². The van der Waals surface area contributed by atoms with Gasteiger partial charge < -0.3 is 5.32 Å². The van der Waals surface area contributed by atoms with Gasteiger partial charge in [0.25, 0.3) is 0 Å². The van der Waals surface area contributed by atoms with Crippen molar-refractivity contribution in [3.63, 3.8) is 0 Å². The lowest BCUT2D eigenvalue weighted by Crippen LogP contribution is -2.33. The van der Waals surface area contributed by atoms with Crippen molar-refractivity contribution in [2.75, 3.05) is 6.54 Å². The maximum absolute atomic E-state index is 13.9. The molecule has 1 N–H and O–H groups in total. The highest BCUT2D eigenvalue weighted by Gasteiger charge is 2.14. The van der Waals surface area contributed by atoms with Crippen LogP contribution in [0.1, 0.15) is 23.2 Å². The second-order valence-electron chi connectivity index (χ2n) is 4.76. The van der Waals surface area contributed by atoms with Gasteiger partial charge in [0.05, 0.1) is 10.7 Å². The lowest BCUT2D eigenvalue weighted by molar-refractivity contribution is 0.502. The Labute approximate surface area is 131 Å². The van der Waals surface area contributed by atoms with Gasteiger partial charge in [-0.3, -0.25) is 0 Å². The van der Waals surface area contributed by atoms with Gasteiger partial charge in [-0.15, -0.1) is 11.3 Å². The Morgan fingerprint density at radius 3 is 2.85 bits per heavy atom. The number of hydrogen-bond acceptors (Lipinski definition) is 3. The standard InChI is InChI=1S/C15H18BrFN2S/c1-3-18-13(8-14-9-20-10(2)19-14)7-11-6-12(16)4-5-15(11)17/h4-6,9,13,18H,3,7-8H2,1-2H3. The van der Waals surface area contributed by atoms with Gasteiger partial charge in [-0.05, 0) is 43.7 Å². The molecule has 0 aliphatic rings. The Morgan fingerprint density at radius 2 is 2.20 bits per heavy atom. The predicted octanol–water partition coefficient (Wildman–Crippen LogP) is 4.12. The van der Waals surface area contributed by atoms with Crippen molar-refractivity contribution in [1.82, 2.24) is 10.3 Å². The van der Waals surface area contributed by atoms with Crippen LogP contribution in [0.3, 0.4) is 0 Å². The largest absolute Gasteiger partial charge is 0.314 e. The minimum absolute atomic E-state index is 0.148. The average Bonchev–Trinajstić information content (AvgIpc) is 2.79. The molecule has 0 saturated heterocycles. The summed E-state index contributed by atoms with van der Waals surface area (Å²) in [6.07, 6.45) is 1.49. The zero-order valence-electron chi connectivity index (χ0n) is 11.6. The zero-order valence-corrected chi connectivity index (χ0v) is 14.0. The topological polar surface area (TPSA) is 24.9 Å². The van der Waals surface area contributed by atoms with Crippen molar-refractivity contribution >= 4 is 27.3 Å². The summed E-state index contributed by atoms with van der Waals surface area (Å²) in [4.78, 5) is 4.49. The molecular formula is C15H18BrFN2S. The molecule has 0 spiro atoms. The predicted molar refractivity (Wildman–Crippen MR) is 85.8 cm³/mol. The van der Waals surface area contributed by atoms with E-state index in [1.54, 1.807) is 17.4 Å². The van der Waals surface area contributed by atoms with Gasteiger partial charge >= 0.3 is 0 Å². The molecule has 1 aromatic heterocycles. The number of likely N-dealkylation sites (N-methyl/N-ethyl adjacent to an activating group) is 1. The summed E-state index contributed by atoms with van der Waals surface area (Å²) in [5.74, 6) is -0.148. The molecule has 2 nitrogen and oxygen atoms in total. The summed E-state index contributed by atoms with van der Waals surface area (Å²) in [5.41, 5.74) is 1.81. The van der Waals surface area contributed by atoms with E-state index in [4.69, 9.17) is 0 Å². The van der Waals surface area contributed by atoms with E-state index in [0.29, 0.717) is 6.42 Å². The molecule has 1 heterocycles. The van der Waals surface area contributed by atoms with Crippen LogP contribution in [0.15, 0.2) is 28.1 Å². The molecule has 0 fully saturated rings. The lowest BCUT2D eigenvalue weighted by atomic mass is 10.0. The van der Waals surface area contributed by atoms with Crippen LogP contribution in [0.4, 0.5) is 4.39 Å². The smallest absolute Gasteiger partial charge is 0.126 e. The quantitative estimate of drug-likeness (QED) is 0.841. The lowest BCUT2D eigenvalue weighted by Gasteiger charge is -2.17. The number of thiazole rings is 1. The Kier molecular flexibility index (Phi) is 5.69. The van der Waals surface area contributed by atoms with E-state index >= 15 is 0 Å². The van der Waals surface area contributed by atoms with Gasteiger partial charge in [0.2, 0.25) is 0 Å². The minimum atomic E-state index is -0.148. The van der Waals surface area contributed by atoms with E-state index in [0.717, 1.165) is 33.7 Å². The third-order valence-electron chi connectivity index (χ3n) is 3.09. The Hall–Kier alpha value is -0.780. The maximum Gasteiger partial charge on any atom is 0.126 e. The normalized spacial score (nSPS) is 12.6. The molecule has 0 amide bonds. The Bertz CT molecular complexity index is 571. The van der Waals surface area contributed by atoms with Crippen molar-refractivity contribution in [3.05, 3.63) is 50.1 Å². The molecular weight excluding hydrogens is 339 g/mol. The summed E-state index contributed by atoms with van der Waals surface area (Å²) in [6, 6.07) is 5.29. The highest BCUT2D eigenvalue weighted by atomic mass is 79.9. The summed E-state index contributed by atoms with van der Waals surface area (Å²) < 4.78 is 14.8. The monoisotopic (exact) mass is 356 g/mol. The molecule has 0 bridgehead atoms. The van der Waals surface area contributed by atoms with Crippen LogP contribution in [0.5, 0.6) is 0 Å². The van der Waals surface area contributed by atoms with Gasteiger partial charge in [-0.1, -0.05) is 22.9 Å². The van der Waals surface area contributed by atoms with Crippen LogP contribution in [0.25, 0.3) is 0 Å². The van der Waals surface area contributed by atoms with E-state index in [2.05, 4.69) is 38.5 Å². The van der Waals surface area contributed by atoms with Crippen molar-refractivity contribution in [2.45, 2.75) is 32.7 Å². The molecule has 1 unspecified atom stereocenters. The first-order valence-corrected chi connectivity index (χ1v) is 8.34. The molecule has 0 saturated carbocycles. The van der Waals surface area contributed by atoms with E-state index in [1.165, 1.54) is 6.07 Å². The number of aromatic nitrogens is 1. The van der Waals surface area contributed by atoms with Gasteiger partial charge in [0.15, 0.2) is 0 Å². The van der Waals surface area contributed by atoms with Gasteiger partial charge in [0, 0.05) is 22.3 Å².